The number of nitrogens with zero attached hydrogens (tertiary/aromatic N) is 3. The number of alkyl halides is 3. The molecule has 5 nitrogen and oxygen atoms in total. The average molecular weight is 312 g/mol. The van der Waals surface area contributed by atoms with Gasteiger partial charge in [-0.3, -0.25) is 9.48 Å². The van der Waals surface area contributed by atoms with Gasteiger partial charge in [0.2, 0.25) is 5.91 Å². The highest BCUT2D eigenvalue weighted by Gasteiger charge is 2.34. The summed E-state index contributed by atoms with van der Waals surface area (Å²) in [7, 11) is 0. The molecule has 0 fully saturated rings. The number of aryl methyl sites for hydroxylation is 1. The van der Waals surface area contributed by atoms with Crippen LogP contribution in [0, 0.1) is 12.8 Å². The highest BCUT2D eigenvalue weighted by molar-refractivity contribution is 5.91. The summed E-state index contributed by atoms with van der Waals surface area (Å²) < 4.78 is 39.0. The number of aromatic nitrogens is 3. The van der Waals surface area contributed by atoms with Gasteiger partial charge in [0, 0.05) is 11.9 Å². The van der Waals surface area contributed by atoms with Crippen molar-refractivity contribution in [3.8, 4) is 0 Å². The van der Waals surface area contributed by atoms with Crippen molar-refractivity contribution in [2.75, 3.05) is 5.32 Å². The maximum atomic E-state index is 12.6. The molecule has 0 spiro atoms. The highest BCUT2D eigenvalue weighted by atomic mass is 19.4. The van der Waals surface area contributed by atoms with E-state index < -0.39 is 17.8 Å². The summed E-state index contributed by atoms with van der Waals surface area (Å²) >= 11 is 0. The van der Waals surface area contributed by atoms with E-state index >= 15 is 0 Å². The van der Waals surface area contributed by atoms with Crippen LogP contribution < -0.4 is 5.32 Å². The summed E-state index contributed by atoms with van der Waals surface area (Å²) in [4.78, 5) is 16.0. The Morgan fingerprint density at radius 2 is 2.14 bits per heavy atom. The number of nitrogens with one attached hydrogen (secondary N) is 1. The van der Waals surface area contributed by atoms with E-state index in [1.807, 2.05) is 0 Å². The molecule has 0 aromatic carbocycles. The number of carbonyl (C=O) groups excluding carboxylic acids is 1. The first kappa shape index (κ1) is 16.0. The lowest BCUT2D eigenvalue weighted by Crippen LogP contribution is -2.25. The lowest BCUT2D eigenvalue weighted by molar-refractivity contribution is -0.141. The second-order valence-corrected chi connectivity index (χ2v) is 4.96. The minimum Gasteiger partial charge on any atom is -0.310 e. The van der Waals surface area contributed by atoms with Crippen LogP contribution in [0.25, 0.3) is 0 Å². The Kier molecular flexibility index (Phi) is 4.48. The van der Waals surface area contributed by atoms with Gasteiger partial charge < -0.3 is 5.32 Å². The molecule has 0 bridgehead atoms. The molecule has 8 heteroatoms. The molecule has 2 rings (SSSR count). The van der Waals surface area contributed by atoms with Crippen LogP contribution in [0.5, 0.6) is 0 Å². The van der Waals surface area contributed by atoms with E-state index in [2.05, 4.69) is 15.4 Å². The molecule has 118 valence electrons. The molecule has 0 aliphatic rings. The first-order chi connectivity index (χ1) is 10.3. The van der Waals surface area contributed by atoms with Crippen LogP contribution in [-0.4, -0.2) is 20.7 Å². The third kappa shape index (κ3) is 3.84. The summed E-state index contributed by atoms with van der Waals surface area (Å²) in [5.74, 6) is -0.489. The van der Waals surface area contributed by atoms with Crippen LogP contribution >= 0.6 is 0 Å². The Hall–Kier alpha value is -2.38. The fourth-order valence-corrected chi connectivity index (χ4v) is 1.86. The summed E-state index contributed by atoms with van der Waals surface area (Å²) in [5, 5.41) is 6.11. The number of hydrogen-bond donors (Lipinski definition) is 1. The number of halogens is 3. The van der Waals surface area contributed by atoms with Gasteiger partial charge in [-0.1, -0.05) is 13.0 Å². The topological polar surface area (TPSA) is 59.8 Å². The van der Waals surface area contributed by atoms with Crippen molar-refractivity contribution in [2.24, 2.45) is 5.92 Å². The zero-order valence-corrected chi connectivity index (χ0v) is 12.1. The molecule has 1 amide bonds. The lowest BCUT2D eigenvalue weighted by Gasteiger charge is -2.13. The van der Waals surface area contributed by atoms with E-state index in [9.17, 15) is 18.0 Å². The predicted molar refractivity (Wildman–Crippen MR) is 74.0 cm³/mol. The van der Waals surface area contributed by atoms with Crippen molar-refractivity contribution in [2.45, 2.75) is 26.6 Å². The first-order valence-corrected chi connectivity index (χ1v) is 6.61. The summed E-state index contributed by atoms with van der Waals surface area (Å²) in [6.45, 7) is 3.19. The Morgan fingerprint density at radius 3 is 2.68 bits per heavy atom. The zero-order chi connectivity index (χ0) is 16.3. The van der Waals surface area contributed by atoms with Gasteiger partial charge in [0.05, 0.1) is 12.5 Å². The smallest absolute Gasteiger partial charge is 0.310 e. The van der Waals surface area contributed by atoms with Gasteiger partial charge in [0.15, 0.2) is 5.69 Å². The van der Waals surface area contributed by atoms with Crippen LogP contribution in [0.4, 0.5) is 19.0 Å². The van der Waals surface area contributed by atoms with Crippen LogP contribution in [0.2, 0.25) is 0 Å². The number of anilines is 1. The summed E-state index contributed by atoms with van der Waals surface area (Å²) in [5.41, 5.74) is -0.604. The number of hydrogen-bond acceptors (Lipinski definition) is 3. The second-order valence-electron chi connectivity index (χ2n) is 4.96. The SMILES string of the molecule is Cc1cc(C(F)(F)F)nn1C[C@@H](C)C(=O)Nc1ccccn1. The second kappa shape index (κ2) is 6.17. The van der Waals surface area contributed by atoms with Gasteiger partial charge in [-0.25, -0.2) is 4.98 Å². The highest BCUT2D eigenvalue weighted by Crippen LogP contribution is 2.28. The van der Waals surface area contributed by atoms with Crippen LogP contribution in [0.3, 0.4) is 0 Å². The zero-order valence-electron chi connectivity index (χ0n) is 12.1. The molecule has 0 unspecified atom stereocenters. The quantitative estimate of drug-likeness (QED) is 0.944. The Balaban J connectivity index is 2.04. The fourth-order valence-electron chi connectivity index (χ4n) is 1.86. The van der Waals surface area contributed by atoms with Gasteiger partial charge in [-0.2, -0.15) is 18.3 Å². The van der Waals surface area contributed by atoms with E-state index in [0.29, 0.717) is 11.5 Å². The molecule has 2 aromatic rings. The Bertz CT molecular complexity index is 652. The maximum absolute atomic E-state index is 12.6. The third-order valence-electron chi connectivity index (χ3n) is 3.08. The third-order valence-corrected chi connectivity index (χ3v) is 3.08. The van der Waals surface area contributed by atoms with E-state index in [-0.39, 0.29) is 12.5 Å². The minimum absolute atomic E-state index is 0.0561. The monoisotopic (exact) mass is 312 g/mol. The van der Waals surface area contributed by atoms with Gasteiger partial charge in [-0.05, 0) is 25.1 Å². The number of carbonyl (C=O) groups is 1. The van der Waals surface area contributed by atoms with Crippen molar-refractivity contribution in [3.05, 3.63) is 41.9 Å². The van der Waals surface area contributed by atoms with Gasteiger partial charge in [0.25, 0.3) is 0 Å². The molecule has 1 N–H and O–H groups in total. The lowest BCUT2D eigenvalue weighted by atomic mass is 10.1. The van der Waals surface area contributed by atoms with E-state index in [1.54, 1.807) is 25.1 Å². The first-order valence-electron chi connectivity index (χ1n) is 6.61. The number of pyridine rings is 1. The van der Waals surface area contributed by atoms with Crippen molar-refractivity contribution in [1.29, 1.82) is 0 Å². The van der Waals surface area contributed by atoms with Crippen LogP contribution in [-0.2, 0) is 17.5 Å². The molecule has 2 heterocycles. The molecular weight excluding hydrogens is 297 g/mol. The minimum atomic E-state index is -4.49. The Morgan fingerprint density at radius 1 is 1.41 bits per heavy atom. The molecule has 0 saturated heterocycles. The number of rotatable bonds is 4. The van der Waals surface area contributed by atoms with Gasteiger partial charge >= 0.3 is 6.18 Å². The van der Waals surface area contributed by atoms with E-state index in [4.69, 9.17) is 0 Å². The number of amides is 1. The molecule has 0 radical (unpaired) electrons. The van der Waals surface area contributed by atoms with Crippen LogP contribution in [0.1, 0.15) is 18.3 Å². The Labute approximate surface area is 125 Å². The molecule has 0 saturated carbocycles. The van der Waals surface area contributed by atoms with Crippen molar-refractivity contribution in [3.63, 3.8) is 0 Å². The van der Waals surface area contributed by atoms with E-state index in [0.717, 1.165) is 6.07 Å². The predicted octanol–water partition coefficient (Wildman–Crippen LogP) is 2.88. The summed E-state index contributed by atoms with van der Waals surface area (Å²) in [6, 6.07) is 6.03. The molecular formula is C14H15F3N4O. The molecule has 1 atom stereocenters. The van der Waals surface area contributed by atoms with Crippen molar-refractivity contribution < 1.29 is 18.0 Å². The standard InChI is InChI=1S/C14H15F3N4O/c1-9(13(22)19-12-5-3-4-6-18-12)8-21-10(2)7-11(20-21)14(15,16)17/h3-7,9H,8H2,1-2H3,(H,18,19,22)/t9-/m1/s1. The maximum Gasteiger partial charge on any atom is 0.435 e. The van der Waals surface area contributed by atoms with E-state index in [1.165, 1.54) is 17.8 Å². The molecule has 0 aliphatic heterocycles. The van der Waals surface area contributed by atoms with Gasteiger partial charge in [0.1, 0.15) is 5.82 Å². The summed E-state index contributed by atoms with van der Waals surface area (Å²) in [6.07, 6.45) is -2.96. The van der Waals surface area contributed by atoms with Crippen molar-refractivity contribution in [1.82, 2.24) is 14.8 Å². The molecule has 0 aliphatic carbocycles. The van der Waals surface area contributed by atoms with Crippen molar-refractivity contribution >= 4 is 11.7 Å². The molecule has 2 aromatic heterocycles. The average Bonchev–Trinajstić information content (AvgIpc) is 2.81. The van der Waals surface area contributed by atoms with Gasteiger partial charge in [-0.15, -0.1) is 0 Å². The molecule has 22 heavy (non-hydrogen) atoms. The fraction of sp³-hybridized carbons (Fsp3) is 0.357. The normalized spacial score (nSPS) is 13.0. The van der Waals surface area contributed by atoms with Crippen LogP contribution in [0.15, 0.2) is 30.5 Å². The largest absolute Gasteiger partial charge is 0.435 e.